The Morgan fingerprint density at radius 1 is 1.18 bits per heavy atom. The molecule has 3 heterocycles. The molecule has 8 nitrogen and oxygen atoms in total. The molecule has 1 amide bonds. The molecule has 0 fully saturated rings. The van der Waals surface area contributed by atoms with Gasteiger partial charge in [0.05, 0.1) is 6.61 Å². The first-order valence-electron chi connectivity index (χ1n) is 11.6. The summed E-state index contributed by atoms with van der Waals surface area (Å²) < 4.78 is 5.75. The number of benzene rings is 1. The second kappa shape index (κ2) is 13.6. The van der Waals surface area contributed by atoms with E-state index in [1.165, 1.54) is 0 Å². The Morgan fingerprint density at radius 3 is 2.71 bits per heavy atom. The summed E-state index contributed by atoms with van der Waals surface area (Å²) in [6, 6.07) is 12.0. The summed E-state index contributed by atoms with van der Waals surface area (Å²) in [4.78, 5) is 25.9. The molecule has 0 atom stereocenters. The van der Waals surface area contributed by atoms with Crippen molar-refractivity contribution in [1.82, 2.24) is 15.3 Å². The van der Waals surface area contributed by atoms with Crippen LogP contribution in [0.5, 0.6) is 0 Å². The fourth-order valence-electron chi connectivity index (χ4n) is 3.49. The van der Waals surface area contributed by atoms with Crippen LogP contribution in [0.15, 0.2) is 53.4 Å². The van der Waals surface area contributed by atoms with Crippen LogP contribution in [0.3, 0.4) is 0 Å². The van der Waals surface area contributed by atoms with E-state index in [-0.39, 0.29) is 5.91 Å². The summed E-state index contributed by atoms with van der Waals surface area (Å²) in [5.41, 5.74) is 2.43. The van der Waals surface area contributed by atoms with E-state index in [1.807, 2.05) is 73.1 Å². The van der Waals surface area contributed by atoms with E-state index in [9.17, 15) is 4.79 Å². The molecule has 1 aliphatic rings. The highest BCUT2D eigenvalue weighted by Gasteiger charge is 2.28. The SMILES string of the molecule is CCNc1ncc2c(n1)N(C)CCN(c1cccc(COCCCNC)c1)C2=O.c1ccsc1. The van der Waals surface area contributed by atoms with Crippen LogP contribution >= 0.6 is 11.3 Å². The summed E-state index contributed by atoms with van der Waals surface area (Å²) in [6.45, 7) is 6.16. The highest BCUT2D eigenvalue weighted by molar-refractivity contribution is 7.07. The first kappa shape index (κ1) is 25.6. The van der Waals surface area contributed by atoms with Gasteiger partial charge in [0.25, 0.3) is 5.91 Å². The van der Waals surface area contributed by atoms with Gasteiger partial charge in [-0.15, -0.1) is 0 Å². The van der Waals surface area contributed by atoms with Gasteiger partial charge < -0.3 is 25.2 Å². The number of ether oxygens (including phenoxy) is 1. The van der Waals surface area contributed by atoms with Gasteiger partial charge in [0.2, 0.25) is 5.95 Å². The number of thiophene rings is 1. The van der Waals surface area contributed by atoms with Gasteiger partial charge in [0, 0.05) is 45.2 Å². The van der Waals surface area contributed by atoms with Crippen molar-refractivity contribution in [2.45, 2.75) is 20.0 Å². The number of likely N-dealkylation sites (N-methyl/N-ethyl adjacent to an activating group) is 1. The zero-order valence-electron chi connectivity index (χ0n) is 20.2. The lowest BCUT2D eigenvalue weighted by molar-refractivity contribution is 0.0989. The molecule has 0 saturated carbocycles. The number of hydrogen-bond donors (Lipinski definition) is 2. The largest absolute Gasteiger partial charge is 0.377 e. The average Bonchev–Trinajstić information content (AvgIpc) is 3.41. The molecule has 34 heavy (non-hydrogen) atoms. The normalized spacial score (nSPS) is 13.1. The number of rotatable bonds is 9. The molecule has 2 aromatic heterocycles. The Bertz CT molecular complexity index is 997. The van der Waals surface area contributed by atoms with Crippen molar-refractivity contribution in [1.29, 1.82) is 0 Å². The Hall–Kier alpha value is -3.01. The number of nitrogens with zero attached hydrogens (tertiary/aromatic N) is 4. The van der Waals surface area contributed by atoms with E-state index >= 15 is 0 Å². The zero-order valence-corrected chi connectivity index (χ0v) is 21.0. The summed E-state index contributed by atoms with van der Waals surface area (Å²) in [6.07, 6.45) is 2.59. The fourth-order valence-corrected chi connectivity index (χ4v) is 3.94. The lowest BCUT2D eigenvalue weighted by Gasteiger charge is -2.21. The third-order valence-corrected chi connectivity index (χ3v) is 5.86. The number of fused-ring (bicyclic) bond motifs is 1. The van der Waals surface area contributed by atoms with Crippen molar-refractivity contribution in [3.63, 3.8) is 0 Å². The Morgan fingerprint density at radius 2 is 2.00 bits per heavy atom. The van der Waals surface area contributed by atoms with Crippen molar-refractivity contribution in [2.75, 3.05) is 62.0 Å². The predicted molar refractivity (Wildman–Crippen MR) is 140 cm³/mol. The van der Waals surface area contributed by atoms with Gasteiger partial charge in [0.15, 0.2) is 0 Å². The third-order valence-electron chi connectivity index (χ3n) is 5.23. The second-order valence-electron chi connectivity index (χ2n) is 7.81. The number of carbonyl (C=O) groups excluding carboxylic acids is 1. The van der Waals surface area contributed by atoms with Gasteiger partial charge in [-0.1, -0.05) is 24.3 Å². The molecule has 0 bridgehead atoms. The van der Waals surface area contributed by atoms with Gasteiger partial charge in [-0.3, -0.25) is 4.79 Å². The van der Waals surface area contributed by atoms with Crippen molar-refractivity contribution >= 4 is 34.7 Å². The smallest absolute Gasteiger partial charge is 0.263 e. The summed E-state index contributed by atoms with van der Waals surface area (Å²) >= 11 is 1.71. The summed E-state index contributed by atoms with van der Waals surface area (Å²) in [7, 11) is 3.89. The molecule has 4 rings (SSSR count). The van der Waals surface area contributed by atoms with Gasteiger partial charge in [-0.2, -0.15) is 16.3 Å². The Kier molecular flexibility index (Phi) is 10.3. The van der Waals surface area contributed by atoms with Crippen LogP contribution in [0.25, 0.3) is 0 Å². The van der Waals surface area contributed by atoms with Crippen molar-refractivity contribution in [2.24, 2.45) is 0 Å². The summed E-state index contributed by atoms with van der Waals surface area (Å²) in [5.74, 6) is 1.11. The van der Waals surface area contributed by atoms with E-state index in [0.717, 1.165) is 30.8 Å². The minimum Gasteiger partial charge on any atom is -0.377 e. The maximum absolute atomic E-state index is 13.3. The Balaban J connectivity index is 0.000000574. The maximum atomic E-state index is 13.3. The zero-order chi connectivity index (χ0) is 24.2. The molecule has 0 unspecified atom stereocenters. The quantitative estimate of drug-likeness (QED) is 0.448. The molecule has 182 valence electrons. The van der Waals surface area contributed by atoms with Crippen molar-refractivity contribution < 1.29 is 9.53 Å². The van der Waals surface area contributed by atoms with E-state index in [2.05, 4.69) is 20.6 Å². The van der Waals surface area contributed by atoms with Crippen LogP contribution in [0, 0.1) is 0 Å². The van der Waals surface area contributed by atoms with Gasteiger partial charge in [-0.25, -0.2) is 4.98 Å². The molecule has 0 saturated heterocycles. The average molecular weight is 483 g/mol. The Labute approximate surface area is 206 Å². The second-order valence-corrected chi connectivity index (χ2v) is 8.63. The van der Waals surface area contributed by atoms with Crippen LogP contribution in [0.2, 0.25) is 0 Å². The first-order valence-corrected chi connectivity index (χ1v) is 12.5. The minimum absolute atomic E-state index is 0.0838. The van der Waals surface area contributed by atoms with Crippen molar-refractivity contribution in [3.8, 4) is 0 Å². The molecule has 3 aromatic rings. The van der Waals surface area contributed by atoms with Gasteiger partial charge in [-0.05, 0) is 55.4 Å². The summed E-state index contributed by atoms with van der Waals surface area (Å²) in [5, 5.41) is 10.3. The number of amides is 1. The molecule has 0 spiro atoms. The maximum Gasteiger partial charge on any atom is 0.263 e. The van der Waals surface area contributed by atoms with Gasteiger partial charge in [0.1, 0.15) is 11.4 Å². The van der Waals surface area contributed by atoms with Crippen molar-refractivity contribution in [3.05, 3.63) is 64.5 Å². The molecule has 0 aliphatic carbocycles. The number of hydrogen-bond acceptors (Lipinski definition) is 8. The van der Waals surface area contributed by atoms with Crippen LogP contribution in [-0.2, 0) is 11.3 Å². The topological polar surface area (TPSA) is 82.6 Å². The first-order chi connectivity index (χ1) is 16.6. The molecule has 2 N–H and O–H groups in total. The van der Waals surface area contributed by atoms with Crippen LogP contribution in [-0.4, -0.2) is 62.8 Å². The molecule has 1 aromatic carbocycles. The number of aromatic nitrogens is 2. The van der Waals surface area contributed by atoms with E-state index in [1.54, 1.807) is 22.4 Å². The highest BCUT2D eigenvalue weighted by Crippen LogP contribution is 2.27. The van der Waals surface area contributed by atoms with E-state index in [0.29, 0.717) is 43.6 Å². The predicted octanol–water partition coefficient (Wildman–Crippen LogP) is 3.88. The molecule has 1 aliphatic heterocycles. The lowest BCUT2D eigenvalue weighted by atomic mass is 10.1. The van der Waals surface area contributed by atoms with Crippen LogP contribution in [0.4, 0.5) is 17.5 Å². The number of nitrogens with one attached hydrogen (secondary N) is 2. The van der Waals surface area contributed by atoms with E-state index in [4.69, 9.17) is 4.74 Å². The monoisotopic (exact) mass is 482 g/mol. The number of anilines is 3. The molecule has 0 radical (unpaired) electrons. The highest BCUT2D eigenvalue weighted by atomic mass is 32.1. The molecular weight excluding hydrogens is 448 g/mol. The fraction of sp³-hybridized carbons (Fsp3) is 0.400. The van der Waals surface area contributed by atoms with Crippen LogP contribution < -0.4 is 20.4 Å². The molecular formula is C25H34N6O2S. The van der Waals surface area contributed by atoms with Gasteiger partial charge >= 0.3 is 0 Å². The van der Waals surface area contributed by atoms with E-state index < -0.39 is 0 Å². The lowest BCUT2D eigenvalue weighted by Crippen LogP contribution is -2.33. The number of carbonyl (C=O) groups is 1. The standard InChI is InChI=1S/C21H30N6O2.C4H4S/c1-4-23-21-24-14-18-19(25-21)26(3)10-11-27(20(18)28)17-8-5-7-16(13-17)15-29-12-6-9-22-2;1-2-4-5-3-1/h5,7-8,13-14,22H,4,6,9-12,15H2,1-3H3,(H,23,24,25);1-4H. The third kappa shape index (κ3) is 7.24. The van der Waals surface area contributed by atoms with Crippen LogP contribution in [0.1, 0.15) is 29.3 Å². The minimum atomic E-state index is -0.0838. The molecule has 9 heteroatoms.